The molecule has 2 rings (SSSR count). The van der Waals surface area contributed by atoms with Crippen LogP contribution >= 0.6 is 0 Å². The first-order chi connectivity index (χ1) is 8.76. The maximum atomic E-state index is 12.4. The van der Waals surface area contributed by atoms with Gasteiger partial charge in [-0.2, -0.15) is 0 Å². The molecule has 1 unspecified atom stereocenters. The number of nitrogens with one attached hydrogen (secondary N) is 1. The molecule has 1 fully saturated rings. The highest BCUT2D eigenvalue weighted by Crippen LogP contribution is 2.19. The molecule has 1 heterocycles. The number of rotatable bonds is 4. The van der Waals surface area contributed by atoms with Crippen LogP contribution in [0.4, 0.5) is 0 Å². The number of likely N-dealkylation sites (tertiary alicyclic amines) is 1. The Bertz CT molecular complexity index is 399. The van der Waals surface area contributed by atoms with Crippen LogP contribution in [0.1, 0.15) is 35.7 Å². The van der Waals surface area contributed by atoms with Crippen LogP contribution in [0.25, 0.3) is 0 Å². The first-order valence-electron chi connectivity index (χ1n) is 6.80. The lowest BCUT2D eigenvalue weighted by Gasteiger charge is -2.24. The van der Waals surface area contributed by atoms with Crippen molar-refractivity contribution in [3.63, 3.8) is 0 Å². The molecule has 3 heteroatoms. The van der Waals surface area contributed by atoms with E-state index in [9.17, 15) is 4.79 Å². The number of hydrogen-bond acceptors (Lipinski definition) is 2. The molecule has 0 saturated carbocycles. The van der Waals surface area contributed by atoms with Crippen molar-refractivity contribution in [1.82, 2.24) is 10.2 Å². The van der Waals surface area contributed by atoms with Gasteiger partial charge in [0.05, 0.1) is 0 Å². The fourth-order valence-corrected chi connectivity index (χ4v) is 2.60. The van der Waals surface area contributed by atoms with E-state index in [0.29, 0.717) is 6.04 Å². The molecular formula is C15H22N2O. The predicted octanol–water partition coefficient (Wildman–Crippen LogP) is 2.07. The van der Waals surface area contributed by atoms with Gasteiger partial charge in [-0.15, -0.1) is 0 Å². The van der Waals surface area contributed by atoms with Crippen LogP contribution in [0.3, 0.4) is 0 Å². The lowest BCUT2D eigenvalue weighted by Crippen LogP contribution is -2.40. The molecule has 0 aliphatic carbocycles. The van der Waals surface area contributed by atoms with Gasteiger partial charge in [0.15, 0.2) is 0 Å². The molecule has 1 atom stereocenters. The zero-order valence-electron chi connectivity index (χ0n) is 11.3. The van der Waals surface area contributed by atoms with Crippen LogP contribution in [0.15, 0.2) is 24.3 Å². The fourth-order valence-electron chi connectivity index (χ4n) is 2.60. The van der Waals surface area contributed by atoms with E-state index in [4.69, 9.17) is 0 Å². The van der Waals surface area contributed by atoms with E-state index in [-0.39, 0.29) is 5.91 Å². The van der Waals surface area contributed by atoms with Gasteiger partial charge >= 0.3 is 0 Å². The number of likely N-dealkylation sites (N-methyl/N-ethyl adjacent to an activating group) is 1. The van der Waals surface area contributed by atoms with E-state index in [1.54, 1.807) is 0 Å². The number of carbonyl (C=O) groups is 1. The molecule has 0 bridgehead atoms. The average molecular weight is 246 g/mol. The minimum Gasteiger partial charge on any atom is -0.334 e. The van der Waals surface area contributed by atoms with E-state index in [1.165, 1.54) is 5.56 Å². The van der Waals surface area contributed by atoms with E-state index in [1.807, 2.05) is 24.1 Å². The number of nitrogens with zero attached hydrogens (tertiary/aromatic N) is 1. The van der Waals surface area contributed by atoms with Gasteiger partial charge in [-0.1, -0.05) is 19.1 Å². The molecule has 1 aliphatic rings. The molecule has 1 aromatic carbocycles. The number of aryl methyl sites for hydroxylation is 1. The molecule has 18 heavy (non-hydrogen) atoms. The van der Waals surface area contributed by atoms with Gasteiger partial charge < -0.3 is 10.2 Å². The molecule has 1 amide bonds. The second-order valence-electron chi connectivity index (χ2n) is 4.90. The zero-order chi connectivity index (χ0) is 13.0. The van der Waals surface area contributed by atoms with Crippen molar-refractivity contribution in [1.29, 1.82) is 0 Å². The van der Waals surface area contributed by atoms with E-state index in [0.717, 1.165) is 37.9 Å². The Labute approximate surface area is 109 Å². The van der Waals surface area contributed by atoms with Crippen molar-refractivity contribution in [3.8, 4) is 0 Å². The lowest BCUT2D eigenvalue weighted by atomic mass is 10.1. The van der Waals surface area contributed by atoms with Crippen molar-refractivity contribution in [2.45, 2.75) is 32.2 Å². The third kappa shape index (κ3) is 2.72. The SMILES string of the molecule is CCc1ccc(C(=O)N2CCCC2CNC)cc1. The largest absolute Gasteiger partial charge is 0.334 e. The monoisotopic (exact) mass is 246 g/mol. The molecule has 98 valence electrons. The number of benzene rings is 1. The van der Waals surface area contributed by atoms with Crippen LogP contribution in [-0.4, -0.2) is 37.0 Å². The summed E-state index contributed by atoms with van der Waals surface area (Å²) in [5.74, 6) is 0.176. The summed E-state index contributed by atoms with van der Waals surface area (Å²) >= 11 is 0. The van der Waals surface area contributed by atoms with Crippen LogP contribution in [0.2, 0.25) is 0 Å². The van der Waals surface area contributed by atoms with Crippen LogP contribution in [0, 0.1) is 0 Å². The van der Waals surface area contributed by atoms with Gasteiger partial charge in [0, 0.05) is 24.7 Å². The summed E-state index contributed by atoms with van der Waals surface area (Å²) < 4.78 is 0. The number of carbonyl (C=O) groups excluding carboxylic acids is 1. The summed E-state index contributed by atoms with van der Waals surface area (Å²) in [6.07, 6.45) is 3.24. The third-order valence-corrected chi connectivity index (χ3v) is 3.69. The van der Waals surface area contributed by atoms with Gasteiger partial charge in [0.2, 0.25) is 0 Å². The van der Waals surface area contributed by atoms with Crippen molar-refractivity contribution in [2.75, 3.05) is 20.1 Å². The molecule has 0 spiro atoms. The zero-order valence-corrected chi connectivity index (χ0v) is 11.3. The van der Waals surface area contributed by atoms with Gasteiger partial charge in [-0.3, -0.25) is 4.79 Å². The summed E-state index contributed by atoms with van der Waals surface area (Å²) in [4.78, 5) is 14.4. The van der Waals surface area contributed by atoms with Crippen LogP contribution in [-0.2, 0) is 6.42 Å². The summed E-state index contributed by atoms with van der Waals surface area (Å²) in [5, 5.41) is 3.17. The molecule has 0 aromatic heterocycles. The second-order valence-corrected chi connectivity index (χ2v) is 4.90. The van der Waals surface area contributed by atoms with Crippen molar-refractivity contribution in [3.05, 3.63) is 35.4 Å². The number of amides is 1. The fraction of sp³-hybridized carbons (Fsp3) is 0.533. The van der Waals surface area contributed by atoms with Gasteiger partial charge in [-0.05, 0) is 44.0 Å². The Hall–Kier alpha value is -1.35. The van der Waals surface area contributed by atoms with Crippen molar-refractivity contribution >= 4 is 5.91 Å². The summed E-state index contributed by atoms with van der Waals surface area (Å²) in [7, 11) is 1.94. The Morgan fingerprint density at radius 3 is 2.72 bits per heavy atom. The Balaban J connectivity index is 2.09. The van der Waals surface area contributed by atoms with Crippen LogP contribution < -0.4 is 5.32 Å². The molecule has 3 nitrogen and oxygen atoms in total. The summed E-state index contributed by atoms with van der Waals surface area (Å²) in [6, 6.07) is 8.37. The van der Waals surface area contributed by atoms with Crippen LogP contribution in [0.5, 0.6) is 0 Å². The average Bonchev–Trinajstić information content (AvgIpc) is 2.87. The molecular weight excluding hydrogens is 224 g/mol. The predicted molar refractivity (Wildman–Crippen MR) is 73.8 cm³/mol. The molecule has 1 saturated heterocycles. The van der Waals surface area contributed by atoms with Crippen molar-refractivity contribution < 1.29 is 4.79 Å². The Morgan fingerprint density at radius 1 is 1.39 bits per heavy atom. The maximum absolute atomic E-state index is 12.4. The first kappa shape index (κ1) is 13.1. The highest BCUT2D eigenvalue weighted by molar-refractivity contribution is 5.94. The van der Waals surface area contributed by atoms with E-state index < -0.39 is 0 Å². The highest BCUT2D eigenvalue weighted by atomic mass is 16.2. The van der Waals surface area contributed by atoms with Crippen molar-refractivity contribution in [2.24, 2.45) is 0 Å². The normalized spacial score (nSPS) is 19.2. The molecule has 1 N–H and O–H groups in total. The molecule has 1 aliphatic heterocycles. The first-order valence-corrected chi connectivity index (χ1v) is 6.80. The smallest absolute Gasteiger partial charge is 0.254 e. The molecule has 1 aromatic rings. The molecule has 0 radical (unpaired) electrons. The highest BCUT2D eigenvalue weighted by Gasteiger charge is 2.28. The third-order valence-electron chi connectivity index (χ3n) is 3.69. The van der Waals surface area contributed by atoms with Gasteiger partial charge in [0.25, 0.3) is 5.91 Å². The topological polar surface area (TPSA) is 32.3 Å². The van der Waals surface area contributed by atoms with E-state index >= 15 is 0 Å². The van der Waals surface area contributed by atoms with Gasteiger partial charge in [0.1, 0.15) is 0 Å². The summed E-state index contributed by atoms with van der Waals surface area (Å²) in [6.45, 7) is 3.90. The van der Waals surface area contributed by atoms with Gasteiger partial charge in [-0.25, -0.2) is 0 Å². The Kier molecular flexibility index (Phi) is 4.37. The minimum absolute atomic E-state index is 0.176. The quantitative estimate of drug-likeness (QED) is 0.882. The van der Waals surface area contributed by atoms with E-state index in [2.05, 4.69) is 24.4 Å². The maximum Gasteiger partial charge on any atom is 0.254 e. The summed E-state index contributed by atoms with van der Waals surface area (Å²) in [5.41, 5.74) is 2.09. The Morgan fingerprint density at radius 2 is 2.11 bits per heavy atom. The lowest BCUT2D eigenvalue weighted by molar-refractivity contribution is 0.0737. The standard InChI is InChI=1S/C15H22N2O/c1-3-12-6-8-13(9-7-12)15(18)17-10-4-5-14(17)11-16-2/h6-9,14,16H,3-5,10-11H2,1-2H3. The minimum atomic E-state index is 0.176. The second kappa shape index (κ2) is 6.01. The number of hydrogen-bond donors (Lipinski definition) is 1.